The van der Waals surface area contributed by atoms with E-state index in [1.807, 2.05) is 4.72 Å². The smallest absolute Gasteiger partial charge is 0.339 e. The Morgan fingerprint density at radius 2 is 1.81 bits per heavy atom. The number of anilines is 1. The molecule has 0 aliphatic carbocycles. The van der Waals surface area contributed by atoms with E-state index in [1.165, 1.54) is 12.1 Å². The zero-order valence-electron chi connectivity index (χ0n) is 10.9. The van der Waals surface area contributed by atoms with Crippen LogP contribution < -0.4 is 4.72 Å². The third-order valence-corrected chi connectivity index (χ3v) is 4.80. The van der Waals surface area contributed by atoms with Crippen LogP contribution in [0.2, 0.25) is 10.0 Å². The summed E-state index contributed by atoms with van der Waals surface area (Å²) in [5.74, 6) is -2.47. The third-order valence-electron chi connectivity index (χ3n) is 2.56. The lowest BCUT2D eigenvalue weighted by atomic mass is 10.2. The molecule has 0 aromatic heterocycles. The molecule has 0 amide bonds. The molecule has 1 unspecified atom stereocenters. The van der Waals surface area contributed by atoms with E-state index in [0.29, 0.717) is 0 Å². The van der Waals surface area contributed by atoms with Gasteiger partial charge in [0.1, 0.15) is 5.56 Å². The summed E-state index contributed by atoms with van der Waals surface area (Å²) in [4.78, 5) is 22.5. The number of carbonyl (C=O) groups is 2. The maximum Gasteiger partial charge on any atom is 0.339 e. The molecule has 7 nitrogen and oxygen atoms in total. The summed E-state index contributed by atoms with van der Waals surface area (Å²) in [7, 11) is -3.22. The second kappa shape index (κ2) is 6.50. The summed E-state index contributed by atoms with van der Waals surface area (Å²) in [5, 5.41) is 7.17. The van der Waals surface area contributed by atoms with E-state index in [0.717, 1.165) is 14.0 Å². The summed E-state index contributed by atoms with van der Waals surface area (Å²) in [6.07, 6.45) is 0. The van der Waals surface area contributed by atoms with Crippen LogP contribution in [0, 0.1) is 0 Å². The van der Waals surface area contributed by atoms with Gasteiger partial charge in [0.25, 0.3) is 0 Å². The minimum Gasteiger partial charge on any atom is -0.478 e. The average molecular weight is 356 g/mol. The average Bonchev–Trinajstić information content (AvgIpc) is 2.40. The molecule has 0 saturated heterocycles. The van der Waals surface area contributed by atoms with Crippen LogP contribution in [0.25, 0.3) is 0 Å². The second-order valence-electron chi connectivity index (χ2n) is 3.90. The molecule has 0 heterocycles. The van der Waals surface area contributed by atoms with E-state index >= 15 is 0 Å². The molecule has 0 aliphatic rings. The number of hydrogen-bond acceptors (Lipinski definition) is 5. The molecule has 0 saturated carbocycles. The highest BCUT2D eigenvalue weighted by Crippen LogP contribution is 2.33. The zero-order valence-corrected chi connectivity index (χ0v) is 13.2. The van der Waals surface area contributed by atoms with Crippen molar-refractivity contribution in [3.05, 3.63) is 27.7 Å². The molecule has 0 bridgehead atoms. The molecule has 21 heavy (non-hydrogen) atoms. The van der Waals surface area contributed by atoms with Gasteiger partial charge < -0.3 is 9.84 Å². The predicted molar refractivity (Wildman–Crippen MR) is 77.4 cm³/mol. The number of benzene rings is 1. The number of halogens is 2. The zero-order chi connectivity index (χ0) is 16.4. The maximum atomic E-state index is 12.0. The van der Waals surface area contributed by atoms with Gasteiger partial charge in [-0.15, -0.1) is 0 Å². The van der Waals surface area contributed by atoms with Gasteiger partial charge in [-0.2, -0.15) is 0 Å². The molecule has 1 aromatic carbocycles. The van der Waals surface area contributed by atoms with Crippen LogP contribution in [0.4, 0.5) is 5.69 Å². The van der Waals surface area contributed by atoms with Crippen molar-refractivity contribution in [3.63, 3.8) is 0 Å². The van der Waals surface area contributed by atoms with Crippen molar-refractivity contribution in [3.8, 4) is 0 Å². The van der Waals surface area contributed by atoms with Crippen LogP contribution in [0.5, 0.6) is 0 Å². The van der Waals surface area contributed by atoms with E-state index in [1.54, 1.807) is 0 Å². The highest BCUT2D eigenvalue weighted by atomic mass is 35.5. The first-order chi connectivity index (χ1) is 9.61. The van der Waals surface area contributed by atoms with E-state index < -0.39 is 38.5 Å². The Bertz CT molecular complexity index is 688. The number of methoxy groups -OCH3 is 1. The molecule has 116 valence electrons. The highest BCUT2D eigenvalue weighted by Gasteiger charge is 2.31. The number of carboxylic acid groups (broad SMARTS) is 1. The Morgan fingerprint density at radius 1 is 1.29 bits per heavy atom. The lowest BCUT2D eigenvalue weighted by Gasteiger charge is -2.16. The van der Waals surface area contributed by atoms with Gasteiger partial charge in [-0.25, -0.2) is 13.2 Å². The number of carbonyl (C=O) groups excluding carboxylic acids is 1. The first-order valence-corrected chi connectivity index (χ1v) is 7.72. The standard InChI is InChI=1S/C11H11Cl2NO6S/c1-5(11(17)20-2)21(18,19)14-9-7(13)4-3-6(12)8(9)10(15)16/h3-5,14H,1-2H3,(H,15,16). The second-order valence-corrected chi connectivity index (χ2v) is 6.71. The molecule has 0 aliphatic heterocycles. The van der Waals surface area contributed by atoms with Gasteiger partial charge in [0, 0.05) is 0 Å². The number of hydrogen-bond donors (Lipinski definition) is 2. The Morgan fingerprint density at radius 3 is 2.29 bits per heavy atom. The molecular weight excluding hydrogens is 345 g/mol. The summed E-state index contributed by atoms with van der Waals surface area (Å²) in [6, 6.07) is 2.45. The number of nitrogens with one attached hydrogen (secondary N) is 1. The first-order valence-electron chi connectivity index (χ1n) is 5.42. The topological polar surface area (TPSA) is 110 Å². The van der Waals surface area contributed by atoms with Gasteiger partial charge in [-0.3, -0.25) is 9.52 Å². The van der Waals surface area contributed by atoms with Gasteiger partial charge in [-0.05, 0) is 19.1 Å². The summed E-state index contributed by atoms with van der Waals surface area (Å²) < 4.78 is 30.4. The summed E-state index contributed by atoms with van der Waals surface area (Å²) >= 11 is 11.5. The quantitative estimate of drug-likeness (QED) is 0.781. The number of aromatic carboxylic acids is 1. The fourth-order valence-electron chi connectivity index (χ4n) is 1.38. The van der Waals surface area contributed by atoms with Crippen molar-refractivity contribution in [1.29, 1.82) is 0 Å². The highest BCUT2D eigenvalue weighted by molar-refractivity contribution is 7.94. The Kier molecular flexibility index (Phi) is 5.43. The fraction of sp³-hybridized carbons (Fsp3) is 0.273. The van der Waals surface area contributed by atoms with E-state index in [9.17, 15) is 18.0 Å². The minimum absolute atomic E-state index is 0.169. The third kappa shape index (κ3) is 3.78. The Balaban J connectivity index is 3.34. The van der Waals surface area contributed by atoms with Crippen LogP contribution in [0.3, 0.4) is 0 Å². The molecule has 1 rings (SSSR count). The summed E-state index contributed by atoms with van der Waals surface area (Å²) in [5.41, 5.74) is -0.919. The van der Waals surface area contributed by atoms with Gasteiger partial charge in [0.05, 0.1) is 22.8 Å². The van der Waals surface area contributed by atoms with Crippen molar-refractivity contribution in [1.82, 2.24) is 0 Å². The molecule has 0 spiro atoms. The van der Waals surface area contributed by atoms with Crippen molar-refractivity contribution in [2.24, 2.45) is 0 Å². The number of carboxylic acids is 1. The predicted octanol–water partition coefficient (Wildman–Crippen LogP) is 1.99. The molecular formula is C11H11Cl2NO6S. The number of rotatable bonds is 5. The van der Waals surface area contributed by atoms with E-state index in [-0.39, 0.29) is 10.0 Å². The normalized spacial score (nSPS) is 12.6. The van der Waals surface area contributed by atoms with Crippen LogP contribution in [0.1, 0.15) is 17.3 Å². The van der Waals surface area contributed by atoms with Crippen LogP contribution in [-0.4, -0.2) is 37.8 Å². The van der Waals surface area contributed by atoms with Gasteiger partial charge in [-0.1, -0.05) is 23.2 Å². The van der Waals surface area contributed by atoms with Crippen molar-refractivity contribution < 1.29 is 27.9 Å². The van der Waals surface area contributed by atoms with Gasteiger partial charge >= 0.3 is 11.9 Å². The first kappa shape index (κ1) is 17.5. The monoisotopic (exact) mass is 355 g/mol. The van der Waals surface area contributed by atoms with E-state index in [2.05, 4.69) is 4.74 Å². The fourth-order valence-corrected chi connectivity index (χ4v) is 2.91. The van der Waals surface area contributed by atoms with Crippen LogP contribution in [0.15, 0.2) is 12.1 Å². The number of esters is 1. The van der Waals surface area contributed by atoms with Gasteiger partial charge in [0.15, 0.2) is 5.25 Å². The van der Waals surface area contributed by atoms with Crippen molar-refractivity contribution >= 4 is 50.9 Å². The molecule has 1 aromatic rings. The number of sulfonamides is 1. The van der Waals surface area contributed by atoms with Crippen LogP contribution in [-0.2, 0) is 19.6 Å². The SMILES string of the molecule is COC(=O)C(C)S(=O)(=O)Nc1c(Cl)ccc(Cl)c1C(=O)O. The number of ether oxygens (including phenoxy) is 1. The Labute approximate surface area is 130 Å². The minimum atomic E-state index is -4.25. The van der Waals surface area contributed by atoms with Crippen molar-refractivity contribution in [2.75, 3.05) is 11.8 Å². The molecule has 2 N–H and O–H groups in total. The van der Waals surface area contributed by atoms with E-state index in [4.69, 9.17) is 28.3 Å². The maximum absolute atomic E-state index is 12.0. The largest absolute Gasteiger partial charge is 0.478 e. The molecule has 0 fully saturated rings. The van der Waals surface area contributed by atoms with Gasteiger partial charge in [0.2, 0.25) is 10.0 Å². The van der Waals surface area contributed by atoms with Crippen LogP contribution >= 0.6 is 23.2 Å². The van der Waals surface area contributed by atoms with Crippen molar-refractivity contribution in [2.45, 2.75) is 12.2 Å². The molecule has 1 atom stereocenters. The lowest BCUT2D eigenvalue weighted by molar-refractivity contribution is -0.139. The molecule has 10 heteroatoms. The Hall–Kier alpha value is -1.51. The lowest BCUT2D eigenvalue weighted by Crippen LogP contribution is -2.33. The molecule has 0 radical (unpaired) electrons. The summed E-state index contributed by atoms with van der Waals surface area (Å²) in [6.45, 7) is 1.09.